The summed E-state index contributed by atoms with van der Waals surface area (Å²) in [6.45, 7) is 1.78. The molecule has 0 aromatic carbocycles. The quantitative estimate of drug-likeness (QED) is 0.833. The summed E-state index contributed by atoms with van der Waals surface area (Å²) >= 11 is 0. The molecule has 17 heavy (non-hydrogen) atoms. The highest BCUT2D eigenvalue weighted by molar-refractivity contribution is 5.64. The lowest BCUT2D eigenvalue weighted by molar-refractivity contribution is 0.288. The van der Waals surface area contributed by atoms with Crippen LogP contribution in [0.2, 0.25) is 0 Å². The van der Waals surface area contributed by atoms with Crippen LogP contribution in [0.15, 0.2) is 18.3 Å². The summed E-state index contributed by atoms with van der Waals surface area (Å²) in [5.41, 5.74) is 2.30. The highest BCUT2D eigenvalue weighted by atomic mass is 19.1. The number of pyridine rings is 1. The number of halogens is 1. The molecular weight excluding hydrogens is 219 g/mol. The molecule has 0 radical (unpaired) electrons. The zero-order valence-electron chi connectivity index (χ0n) is 9.75. The number of aromatic nitrogens is 1. The number of hydrogen-bond donors (Lipinski definition) is 2. The van der Waals surface area contributed by atoms with Gasteiger partial charge in [-0.05, 0) is 43.0 Å². The number of aliphatic hydroxyl groups is 1. The monoisotopic (exact) mass is 236 g/mol. The number of nitrogens with one attached hydrogen (secondary N) is 1. The van der Waals surface area contributed by atoms with Crippen LogP contribution in [-0.4, -0.2) is 29.8 Å². The first-order valence-corrected chi connectivity index (χ1v) is 5.96. The first-order valence-electron chi connectivity index (χ1n) is 5.96. The fraction of sp³-hybridized carbons (Fsp3) is 0.462. The van der Waals surface area contributed by atoms with E-state index >= 15 is 0 Å². The Bertz CT molecular complexity index is 418. The van der Waals surface area contributed by atoms with Gasteiger partial charge in [-0.15, -0.1) is 0 Å². The van der Waals surface area contributed by atoms with Gasteiger partial charge in [-0.25, -0.2) is 4.39 Å². The Labute approximate surface area is 100 Å². The van der Waals surface area contributed by atoms with Crippen molar-refractivity contribution in [2.24, 2.45) is 0 Å². The molecule has 4 heteroatoms. The van der Waals surface area contributed by atoms with E-state index < -0.39 is 0 Å². The molecule has 0 spiro atoms. The van der Waals surface area contributed by atoms with E-state index in [0.717, 1.165) is 30.6 Å². The molecule has 0 unspecified atom stereocenters. The van der Waals surface area contributed by atoms with Gasteiger partial charge in [-0.2, -0.15) is 0 Å². The third-order valence-electron chi connectivity index (χ3n) is 2.89. The Morgan fingerprint density at radius 3 is 3.00 bits per heavy atom. The maximum absolute atomic E-state index is 13.9. The van der Waals surface area contributed by atoms with Crippen LogP contribution in [0.5, 0.6) is 0 Å². The normalized spacial score (nSPS) is 15.8. The standard InChI is InChI=1S/C13H17FN2O/c14-12-8-10(2-1-7-17)9-16-13(12)11-3-5-15-6-4-11/h3,8-9,15,17H,1-2,4-7H2. The van der Waals surface area contributed by atoms with Crippen molar-refractivity contribution in [2.45, 2.75) is 19.3 Å². The molecule has 1 aliphatic rings. The highest BCUT2D eigenvalue weighted by Gasteiger charge is 2.12. The molecule has 0 bridgehead atoms. The molecule has 0 amide bonds. The first kappa shape index (κ1) is 12.2. The highest BCUT2D eigenvalue weighted by Crippen LogP contribution is 2.21. The van der Waals surface area contributed by atoms with Gasteiger partial charge in [-0.3, -0.25) is 4.98 Å². The third-order valence-corrected chi connectivity index (χ3v) is 2.89. The molecule has 1 aromatic heterocycles. The summed E-state index contributed by atoms with van der Waals surface area (Å²) in [5, 5.41) is 11.9. The maximum atomic E-state index is 13.9. The second kappa shape index (κ2) is 5.89. The molecule has 0 fully saturated rings. The van der Waals surface area contributed by atoms with Crippen LogP contribution in [-0.2, 0) is 6.42 Å². The van der Waals surface area contributed by atoms with E-state index in [1.165, 1.54) is 6.07 Å². The zero-order valence-corrected chi connectivity index (χ0v) is 9.75. The molecule has 0 atom stereocenters. The van der Waals surface area contributed by atoms with Crippen LogP contribution in [0.25, 0.3) is 5.57 Å². The molecule has 0 saturated heterocycles. The Morgan fingerprint density at radius 2 is 2.35 bits per heavy atom. The fourth-order valence-corrected chi connectivity index (χ4v) is 1.97. The van der Waals surface area contributed by atoms with Gasteiger partial charge < -0.3 is 10.4 Å². The minimum absolute atomic E-state index is 0.125. The van der Waals surface area contributed by atoms with E-state index in [1.807, 2.05) is 6.08 Å². The summed E-state index contributed by atoms with van der Waals surface area (Å²) in [5.74, 6) is -0.256. The van der Waals surface area contributed by atoms with Crippen molar-refractivity contribution in [3.05, 3.63) is 35.4 Å². The molecule has 1 aromatic rings. The molecule has 2 N–H and O–H groups in total. The van der Waals surface area contributed by atoms with Crippen molar-refractivity contribution in [1.82, 2.24) is 10.3 Å². The van der Waals surface area contributed by atoms with Gasteiger partial charge in [0, 0.05) is 19.3 Å². The van der Waals surface area contributed by atoms with Gasteiger partial charge in [-0.1, -0.05) is 6.08 Å². The molecule has 0 aliphatic carbocycles. The summed E-state index contributed by atoms with van der Waals surface area (Å²) < 4.78 is 13.9. The van der Waals surface area contributed by atoms with Crippen LogP contribution in [0.4, 0.5) is 4.39 Å². The number of aryl methyl sites for hydroxylation is 1. The van der Waals surface area contributed by atoms with Gasteiger partial charge in [0.15, 0.2) is 0 Å². The molecule has 1 aliphatic heterocycles. The van der Waals surface area contributed by atoms with E-state index in [-0.39, 0.29) is 12.4 Å². The van der Waals surface area contributed by atoms with Crippen molar-refractivity contribution in [3.63, 3.8) is 0 Å². The third kappa shape index (κ3) is 3.11. The molecular formula is C13H17FN2O. The van der Waals surface area contributed by atoms with E-state index in [4.69, 9.17) is 5.11 Å². The van der Waals surface area contributed by atoms with Crippen LogP contribution in [0.3, 0.4) is 0 Å². The van der Waals surface area contributed by atoms with Crippen LogP contribution in [0.1, 0.15) is 24.1 Å². The first-order chi connectivity index (χ1) is 8.31. The summed E-state index contributed by atoms with van der Waals surface area (Å²) in [6.07, 6.45) is 5.83. The minimum atomic E-state index is -0.256. The van der Waals surface area contributed by atoms with E-state index in [0.29, 0.717) is 18.5 Å². The summed E-state index contributed by atoms with van der Waals surface area (Å²) in [4.78, 5) is 4.20. The molecule has 92 valence electrons. The number of aliphatic hydroxyl groups excluding tert-OH is 1. The van der Waals surface area contributed by atoms with Gasteiger partial charge in [0.05, 0.1) is 0 Å². The van der Waals surface area contributed by atoms with Gasteiger partial charge in [0.25, 0.3) is 0 Å². The lowest BCUT2D eigenvalue weighted by Gasteiger charge is -2.14. The van der Waals surface area contributed by atoms with Crippen molar-refractivity contribution in [2.75, 3.05) is 19.7 Å². The topological polar surface area (TPSA) is 45.2 Å². The Kier molecular flexibility index (Phi) is 4.23. The summed E-state index contributed by atoms with van der Waals surface area (Å²) in [7, 11) is 0. The molecule has 0 saturated carbocycles. The molecule has 2 heterocycles. The Balaban J connectivity index is 2.16. The van der Waals surface area contributed by atoms with Crippen LogP contribution < -0.4 is 5.32 Å². The van der Waals surface area contributed by atoms with Crippen LogP contribution >= 0.6 is 0 Å². The largest absolute Gasteiger partial charge is 0.396 e. The van der Waals surface area contributed by atoms with Crippen LogP contribution in [0, 0.1) is 5.82 Å². The average molecular weight is 236 g/mol. The fourth-order valence-electron chi connectivity index (χ4n) is 1.97. The van der Waals surface area contributed by atoms with Gasteiger partial charge >= 0.3 is 0 Å². The predicted molar refractivity (Wildman–Crippen MR) is 65.1 cm³/mol. The van der Waals surface area contributed by atoms with E-state index in [1.54, 1.807) is 6.20 Å². The van der Waals surface area contributed by atoms with E-state index in [9.17, 15) is 4.39 Å². The van der Waals surface area contributed by atoms with Crippen molar-refractivity contribution in [3.8, 4) is 0 Å². The Morgan fingerprint density at radius 1 is 1.47 bits per heavy atom. The summed E-state index contributed by atoms with van der Waals surface area (Å²) in [6, 6.07) is 1.53. The smallest absolute Gasteiger partial charge is 0.149 e. The molecule has 3 nitrogen and oxygen atoms in total. The average Bonchev–Trinajstić information content (AvgIpc) is 2.37. The molecule has 2 rings (SSSR count). The predicted octanol–water partition coefficient (Wildman–Crippen LogP) is 1.52. The second-order valence-electron chi connectivity index (χ2n) is 4.18. The lowest BCUT2D eigenvalue weighted by Crippen LogP contribution is -2.20. The maximum Gasteiger partial charge on any atom is 0.149 e. The minimum Gasteiger partial charge on any atom is -0.396 e. The lowest BCUT2D eigenvalue weighted by atomic mass is 10.0. The second-order valence-corrected chi connectivity index (χ2v) is 4.18. The van der Waals surface area contributed by atoms with Crippen molar-refractivity contribution >= 4 is 5.57 Å². The Hall–Kier alpha value is -1.26. The zero-order chi connectivity index (χ0) is 12.1. The van der Waals surface area contributed by atoms with Crippen molar-refractivity contribution < 1.29 is 9.50 Å². The van der Waals surface area contributed by atoms with E-state index in [2.05, 4.69) is 10.3 Å². The van der Waals surface area contributed by atoms with Gasteiger partial charge in [0.2, 0.25) is 0 Å². The number of rotatable bonds is 4. The van der Waals surface area contributed by atoms with Gasteiger partial charge in [0.1, 0.15) is 11.5 Å². The number of nitrogens with zero attached hydrogens (tertiary/aromatic N) is 1. The van der Waals surface area contributed by atoms with Crippen molar-refractivity contribution in [1.29, 1.82) is 0 Å². The number of hydrogen-bond acceptors (Lipinski definition) is 3. The SMILES string of the molecule is OCCCc1cnc(C2=CCNCC2)c(F)c1.